The zero-order chi connectivity index (χ0) is 20.7. The van der Waals surface area contributed by atoms with Crippen molar-refractivity contribution in [2.24, 2.45) is 0 Å². The smallest absolute Gasteiger partial charge is 0.264 e. The van der Waals surface area contributed by atoms with Gasteiger partial charge in [0.15, 0.2) is 5.65 Å². The van der Waals surface area contributed by atoms with Crippen LogP contribution in [-0.2, 0) is 11.3 Å². The Morgan fingerprint density at radius 2 is 1.70 bits per heavy atom. The standard InChI is InChI=1S/C22H18BrN5O2/c23-16-5-9-18(10-6-16)28-21-19(12-25-28)22(30)26(14-24-21)13-15-3-7-17(8-4-15)27-11-1-2-20(27)29/h3-10,12,14H,1-2,11,13H2. The number of nitrogens with zero attached hydrogens (tertiary/aromatic N) is 5. The van der Waals surface area contributed by atoms with Crippen LogP contribution in [0, 0.1) is 0 Å². The van der Waals surface area contributed by atoms with Crippen molar-refractivity contribution in [3.8, 4) is 5.69 Å². The quantitative estimate of drug-likeness (QED) is 0.464. The number of rotatable bonds is 4. The van der Waals surface area contributed by atoms with Gasteiger partial charge in [0.05, 0.1) is 18.4 Å². The van der Waals surface area contributed by atoms with E-state index in [1.807, 2.05) is 48.5 Å². The Labute approximate surface area is 180 Å². The summed E-state index contributed by atoms with van der Waals surface area (Å²) in [6, 6.07) is 15.4. The van der Waals surface area contributed by atoms with Crippen LogP contribution in [0.1, 0.15) is 18.4 Å². The highest BCUT2D eigenvalue weighted by atomic mass is 79.9. The monoisotopic (exact) mass is 463 g/mol. The van der Waals surface area contributed by atoms with Gasteiger partial charge in [0.25, 0.3) is 5.56 Å². The number of anilines is 1. The number of hydrogen-bond acceptors (Lipinski definition) is 4. The fraction of sp³-hybridized carbons (Fsp3) is 0.182. The van der Waals surface area contributed by atoms with Gasteiger partial charge in [-0.25, -0.2) is 9.67 Å². The first-order valence-electron chi connectivity index (χ1n) is 9.68. The molecule has 0 N–H and O–H groups in total. The molecule has 4 aromatic rings. The predicted molar refractivity (Wildman–Crippen MR) is 118 cm³/mol. The maximum atomic E-state index is 13.0. The molecule has 0 spiro atoms. The zero-order valence-corrected chi connectivity index (χ0v) is 17.6. The Kier molecular flexibility index (Phi) is 4.71. The first-order valence-corrected chi connectivity index (χ1v) is 10.5. The van der Waals surface area contributed by atoms with Gasteiger partial charge in [0.1, 0.15) is 11.7 Å². The molecule has 0 bridgehead atoms. The van der Waals surface area contributed by atoms with E-state index in [0.29, 0.717) is 24.0 Å². The third kappa shape index (κ3) is 3.33. The average Bonchev–Trinajstić information content (AvgIpc) is 3.38. The van der Waals surface area contributed by atoms with Crippen molar-refractivity contribution in [3.05, 3.63) is 81.4 Å². The number of aromatic nitrogens is 4. The van der Waals surface area contributed by atoms with Crippen LogP contribution in [0.25, 0.3) is 16.7 Å². The topological polar surface area (TPSA) is 73.0 Å². The number of amides is 1. The van der Waals surface area contributed by atoms with E-state index in [9.17, 15) is 9.59 Å². The normalized spacial score (nSPS) is 14.0. The SMILES string of the molecule is O=C1CCCN1c1ccc(Cn2cnc3c(cnn3-c3ccc(Br)cc3)c2=O)cc1. The Bertz CT molecular complexity index is 1290. The zero-order valence-electron chi connectivity index (χ0n) is 16.0. The van der Waals surface area contributed by atoms with Crippen LogP contribution < -0.4 is 10.5 Å². The number of halogens is 1. The number of carbonyl (C=O) groups excluding carboxylic acids is 1. The molecule has 1 amide bonds. The van der Waals surface area contributed by atoms with E-state index in [1.165, 1.54) is 0 Å². The van der Waals surface area contributed by atoms with Crippen LogP contribution in [0.2, 0.25) is 0 Å². The van der Waals surface area contributed by atoms with E-state index in [-0.39, 0.29) is 11.5 Å². The van der Waals surface area contributed by atoms with Gasteiger partial charge in [-0.2, -0.15) is 5.10 Å². The Hall–Kier alpha value is -3.26. The molecule has 0 radical (unpaired) electrons. The van der Waals surface area contributed by atoms with Crippen LogP contribution >= 0.6 is 15.9 Å². The molecule has 5 rings (SSSR count). The molecule has 1 fully saturated rings. The molecular formula is C22H18BrN5O2. The van der Waals surface area contributed by atoms with Crippen molar-refractivity contribution in [1.82, 2.24) is 19.3 Å². The lowest BCUT2D eigenvalue weighted by Crippen LogP contribution is -2.23. The van der Waals surface area contributed by atoms with E-state index in [2.05, 4.69) is 26.0 Å². The number of fused-ring (bicyclic) bond motifs is 1. The molecule has 1 aliphatic heterocycles. The van der Waals surface area contributed by atoms with E-state index in [4.69, 9.17) is 0 Å². The number of hydrogen-bond donors (Lipinski definition) is 0. The van der Waals surface area contributed by atoms with Crippen molar-refractivity contribution in [2.75, 3.05) is 11.4 Å². The minimum Gasteiger partial charge on any atom is -0.312 e. The largest absolute Gasteiger partial charge is 0.312 e. The summed E-state index contributed by atoms with van der Waals surface area (Å²) in [5, 5.41) is 4.83. The first-order chi connectivity index (χ1) is 14.6. The van der Waals surface area contributed by atoms with Gasteiger partial charge < -0.3 is 4.90 Å². The molecule has 1 saturated heterocycles. The molecule has 0 atom stereocenters. The minimum absolute atomic E-state index is 0.137. The van der Waals surface area contributed by atoms with Crippen LogP contribution in [-0.4, -0.2) is 31.8 Å². The lowest BCUT2D eigenvalue weighted by molar-refractivity contribution is -0.117. The number of benzene rings is 2. The highest BCUT2D eigenvalue weighted by Gasteiger charge is 2.21. The van der Waals surface area contributed by atoms with Gasteiger partial charge in [0, 0.05) is 23.1 Å². The summed E-state index contributed by atoms with van der Waals surface area (Å²) in [5.74, 6) is 0.163. The Morgan fingerprint density at radius 1 is 0.967 bits per heavy atom. The molecule has 1 aliphatic rings. The molecule has 0 aliphatic carbocycles. The van der Waals surface area contributed by atoms with Gasteiger partial charge >= 0.3 is 0 Å². The summed E-state index contributed by atoms with van der Waals surface area (Å²) < 4.78 is 4.21. The number of carbonyl (C=O) groups is 1. The van der Waals surface area contributed by atoms with Crippen LogP contribution in [0.4, 0.5) is 5.69 Å². The van der Waals surface area contributed by atoms with Crippen molar-refractivity contribution in [2.45, 2.75) is 19.4 Å². The molecule has 30 heavy (non-hydrogen) atoms. The molecule has 7 nitrogen and oxygen atoms in total. The highest BCUT2D eigenvalue weighted by molar-refractivity contribution is 9.10. The van der Waals surface area contributed by atoms with Crippen molar-refractivity contribution in [3.63, 3.8) is 0 Å². The second kappa shape index (κ2) is 7.53. The van der Waals surface area contributed by atoms with Gasteiger partial charge in [-0.3, -0.25) is 14.2 Å². The fourth-order valence-electron chi connectivity index (χ4n) is 3.73. The lowest BCUT2D eigenvalue weighted by atomic mass is 10.2. The van der Waals surface area contributed by atoms with Crippen molar-refractivity contribution >= 4 is 38.6 Å². The molecule has 2 aromatic carbocycles. The Balaban J connectivity index is 1.43. The Morgan fingerprint density at radius 3 is 2.40 bits per heavy atom. The second-order valence-electron chi connectivity index (χ2n) is 7.26. The van der Waals surface area contributed by atoms with Gasteiger partial charge in [-0.1, -0.05) is 28.1 Å². The predicted octanol–water partition coefficient (Wildman–Crippen LogP) is 3.52. The van der Waals surface area contributed by atoms with Crippen LogP contribution in [0.15, 0.2) is 70.3 Å². The van der Waals surface area contributed by atoms with Gasteiger partial charge in [-0.15, -0.1) is 0 Å². The summed E-state index contributed by atoms with van der Waals surface area (Å²) in [7, 11) is 0. The van der Waals surface area contributed by atoms with E-state index in [0.717, 1.165) is 34.4 Å². The maximum Gasteiger partial charge on any atom is 0.264 e. The third-order valence-corrected chi connectivity index (χ3v) is 5.83. The summed E-state index contributed by atoms with van der Waals surface area (Å²) in [5.41, 5.74) is 3.10. The fourth-order valence-corrected chi connectivity index (χ4v) is 4.00. The summed E-state index contributed by atoms with van der Waals surface area (Å²) >= 11 is 3.42. The molecule has 2 aromatic heterocycles. The summed E-state index contributed by atoms with van der Waals surface area (Å²) in [4.78, 5) is 31.2. The van der Waals surface area contributed by atoms with Crippen LogP contribution in [0.3, 0.4) is 0 Å². The maximum absolute atomic E-state index is 13.0. The third-order valence-electron chi connectivity index (χ3n) is 5.30. The lowest BCUT2D eigenvalue weighted by Gasteiger charge is -2.16. The molecular weight excluding hydrogens is 446 g/mol. The average molecular weight is 464 g/mol. The molecule has 8 heteroatoms. The molecule has 0 unspecified atom stereocenters. The second-order valence-corrected chi connectivity index (χ2v) is 8.18. The van der Waals surface area contributed by atoms with E-state index in [1.54, 1.807) is 26.7 Å². The summed E-state index contributed by atoms with van der Waals surface area (Å²) in [6.07, 6.45) is 4.62. The van der Waals surface area contributed by atoms with Gasteiger partial charge in [-0.05, 0) is 48.4 Å². The van der Waals surface area contributed by atoms with Crippen molar-refractivity contribution < 1.29 is 4.79 Å². The molecule has 150 valence electrons. The summed E-state index contributed by atoms with van der Waals surface area (Å²) in [6.45, 7) is 1.17. The van der Waals surface area contributed by atoms with Gasteiger partial charge in [0.2, 0.25) is 5.91 Å². The van der Waals surface area contributed by atoms with Crippen molar-refractivity contribution in [1.29, 1.82) is 0 Å². The molecule has 3 heterocycles. The first kappa shape index (κ1) is 18.7. The van der Waals surface area contributed by atoms with E-state index >= 15 is 0 Å². The van der Waals surface area contributed by atoms with E-state index < -0.39 is 0 Å². The van der Waals surface area contributed by atoms with Crippen LogP contribution in [0.5, 0.6) is 0 Å². The highest BCUT2D eigenvalue weighted by Crippen LogP contribution is 2.22. The molecule has 0 saturated carbocycles. The minimum atomic E-state index is -0.137.